The maximum atomic E-state index is 6.29. The van der Waals surface area contributed by atoms with Gasteiger partial charge in [0.1, 0.15) is 29.3 Å². The van der Waals surface area contributed by atoms with E-state index in [-0.39, 0.29) is 0 Å². The zero-order valence-electron chi connectivity index (χ0n) is 17.1. The first-order valence-electron chi connectivity index (χ1n) is 10.8. The lowest BCUT2D eigenvalue weighted by Crippen LogP contribution is -2.15. The van der Waals surface area contributed by atoms with E-state index in [4.69, 9.17) is 15.6 Å². The summed E-state index contributed by atoms with van der Waals surface area (Å²) in [7, 11) is 0. The molecule has 31 heavy (non-hydrogen) atoms. The Morgan fingerprint density at radius 1 is 0.903 bits per heavy atom. The molecule has 0 amide bonds. The Morgan fingerprint density at radius 2 is 1.61 bits per heavy atom. The van der Waals surface area contributed by atoms with E-state index in [1.165, 1.54) is 6.33 Å². The van der Waals surface area contributed by atoms with Gasteiger partial charge in [-0.3, -0.25) is 0 Å². The van der Waals surface area contributed by atoms with E-state index < -0.39 is 0 Å². The number of nitrogens with one attached hydrogen (secondary N) is 1. The van der Waals surface area contributed by atoms with E-state index in [2.05, 4.69) is 20.0 Å². The number of nitrogen functional groups attached to an aromatic ring is 1. The molecule has 0 radical (unpaired) electrons. The first-order chi connectivity index (χ1) is 15.3. The maximum absolute atomic E-state index is 6.29. The molecule has 7 heteroatoms. The van der Waals surface area contributed by atoms with Crippen LogP contribution in [0.4, 0.5) is 5.82 Å². The van der Waals surface area contributed by atoms with Crippen LogP contribution < -0.4 is 15.8 Å². The Bertz CT molecular complexity index is 1210. The summed E-state index contributed by atoms with van der Waals surface area (Å²) in [4.78, 5) is 8.81. The van der Waals surface area contributed by atoms with Gasteiger partial charge in [0.15, 0.2) is 5.65 Å². The molecule has 0 bridgehead atoms. The van der Waals surface area contributed by atoms with Crippen LogP contribution in [-0.2, 0) is 0 Å². The zero-order chi connectivity index (χ0) is 20.8. The Balaban J connectivity index is 1.36. The Labute approximate surface area is 180 Å². The highest BCUT2D eigenvalue weighted by atomic mass is 16.5. The maximum Gasteiger partial charge on any atom is 0.164 e. The van der Waals surface area contributed by atoms with Crippen molar-refractivity contribution in [3.8, 4) is 22.8 Å². The second-order valence-electron chi connectivity index (χ2n) is 8.49. The molecular weight excluding hydrogens is 388 g/mol. The second-order valence-corrected chi connectivity index (χ2v) is 8.49. The highest BCUT2D eigenvalue weighted by Gasteiger charge is 2.39. The number of rotatable bonds is 4. The lowest BCUT2D eigenvalue weighted by molar-refractivity contribution is 0.443. The third-order valence-corrected chi connectivity index (χ3v) is 6.60. The first-order valence-corrected chi connectivity index (χ1v) is 10.8. The fraction of sp³-hybridized carbons (Fsp3) is 0.292. The van der Waals surface area contributed by atoms with Gasteiger partial charge in [-0.1, -0.05) is 18.2 Å². The number of hydrogen-bond donors (Lipinski definition) is 2. The number of anilines is 1. The molecule has 2 aromatic heterocycles. The number of para-hydroxylation sites is 1. The van der Waals surface area contributed by atoms with Gasteiger partial charge in [-0.2, -0.15) is 5.10 Å². The Morgan fingerprint density at radius 3 is 2.35 bits per heavy atom. The summed E-state index contributed by atoms with van der Waals surface area (Å²) in [6.45, 7) is 2.21. The third kappa shape index (κ3) is 3.21. The van der Waals surface area contributed by atoms with Gasteiger partial charge in [-0.15, -0.1) is 0 Å². The number of ether oxygens (including phenoxy) is 1. The molecule has 1 saturated heterocycles. The smallest absolute Gasteiger partial charge is 0.164 e. The third-order valence-electron chi connectivity index (χ3n) is 6.60. The molecule has 2 aromatic carbocycles. The highest BCUT2D eigenvalue weighted by Crippen LogP contribution is 2.43. The molecule has 1 aliphatic heterocycles. The molecule has 6 rings (SSSR count). The van der Waals surface area contributed by atoms with Crippen molar-refractivity contribution in [2.45, 2.75) is 18.9 Å². The predicted octanol–water partition coefficient (Wildman–Crippen LogP) is 4.04. The predicted molar refractivity (Wildman–Crippen MR) is 120 cm³/mol. The molecule has 3 N–H and O–H groups in total. The van der Waals surface area contributed by atoms with Crippen molar-refractivity contribution in [3.63, 3.8) is 0 Å². The number of benzene rings is 2. The molecule has 7 nitrogen and oxygen atoms in total. The fourth-order valence-electron chi connectivity index (χ4n) is 5.09. The van der Waals surface area contributed by atoms with Crippen LogP contribution in [0.15, 0.2) is 60.9 Å². The van der Waals surface area contributed by atoms with E-state index in [1.807, 2.05) is 54.6 Å². The number of nitrogens with zero attached hydrogens (tertiary/aromatic N) is 4. The van der Waals surface area contributed by atoms with Crippen LogP contribution in [-0.4, -0.2) is 32.8 Å². The van der Waals surface area contributed by atoms with Crippen molar-refractivity contribution in [2.24, 2.45) is 11.8 Å². The van der Waals surface area contributed by atoms with Crippen LogP contribution in [0, 0.1) is 11.8 Å². The number of fused-ring (bicyclic) bond motifs is 2. The molecule has 156 valence electrons. The Hall–Kier alpha value is -3.45. The van der Waals surface area contributed by atoms with Crippen LogP contribution in [0.3, 0.4) is 0 Å². The van der Waals surface area contributed by atoms with E-state index in [0.29, 0.717) is 11.9 Å². The summed E-state index contributed by atoms with van der Waals surface area (Å²) >= 11 is 0. The molecular formula is C24H24N6O. The summed E-state index contributed by atoms with van der Waals surface area (Å²) in [5.41, 5.74) is 8.92. The molecule has 2 fully saturated rings. The summed E-state index contributed by atoms with van der Waals surface area (Å²) in [6, 6.07) is 18.1. The molecule has 2 atom stereocenters. The lowest BCUT2D eigenvalue weighted by Gasteiger charge is -2.12. The molecule has 4 aromatic rings. The first kappa shape index (κ1) is 18.3. The van der Waals surface area contributed by atoms with Crippen molar-refractivity contribution in [1.82, 2.24) is 25.1 Å². The lowest BCUT2D eigenvalue weighted by atomic mass is 10.0. The monoisotopic (exact) mass is 412 g/mol. The number of nitrogens with two attached hydrogens (primary N) is 1. The van der Waals surface area contributed by atoms with Crippen LogP contribution in [0.25, 0.3) is 22.3 Å². The number of aromatic nitrogens is 4. The van der Waals surface area contributed by atoms with Crippen molar-refractivity contribution >= 4 is 16.9 Å². The van der Waals surface area contributed by atoms with Gasteiger partial charge in [0.2, 0.25) is 0 Å². The van der Waals surface area contributed by atoms with Gasteiger partial charge >= 0.3 is 0 Å². The molecule has 1 saturated carbocycles. The van der Waals surface area contributed by atoms with E-state index in [9.17, 15) is 0 Å². The van der Waals surface area contributed by atoms with Gasteiger partial charge in [0.05, 0.1) is 11.4 Å². The molecule has 0 spiro atoms. The standard InChI is InChI=1S/C24H24N6O/c25-23-21-22(15-6-8-20(9-7-15)31-19-4-2-1-3-5-19)29-30(24(21)28-14-27-23)18-10-16-12-26-13-17(16)11-18/h1-9,14,16-18,26H,10-13H2,(H2,25,27,28). The van der Waals surface area contributed by atoms with Gasteiger partial charge in [-0.25, -0.2) is 14.6 Å². The fourth-order valence-corrected chi connectivity index (χ4v) is 5.09. The average Bonchev–Trinajstić information content (AvgIpc) is 3.49. The van der Waals surface area contributed by atoms with Crippen LogP contribution in [0.2, 0.25) is 0 Å². The molecule has 1 aliphatic carbocycles. The molecule has 2 unspecified atom stereocenters. The zero-order valence-corrected chi connectivity index (χ0v) is 17.1. The van der Waals surface area contributed by atoms with Crippen molar-refractivity contribution in [2.75, 3.05) is 18.8 Å². The highest BCUT2D eigenvalue weighted by molar-refractivity contribution is 5.98. The van der Waals surface area contributed by atoms with Gasteiger partial charge in [-0.05, 0) is 74.2 Å². The average molecular weight is 412 g/mol. The minimum Gasteiger partial charge on any atom is -0.457 e. The summed E-state index contributed by atoms with van der Waals surface area (Å²) in [5, 5.41) is 9.35. The normalized spacial score (nSPS) is 22.6. The van der Waals surface area contributed by atoms with Gasteiger partial charge in [0, 0.05) is 5.56 Å². The Kier molecular flexibility index (Phi) is 4.35. The number of hydrogen-bond acceptors (Lipinski definition) is 6. The summed E-state index contributed by atoms with van der Waals surface area (Å²) in [5.74, 6) is 3.50. The van der Waals surface area contributed by atoms with Crippen molar-refractivity contribution in [3.05, 3.63) is 60.9 Å². The van der Waals surface area contributed by atoms with Crippen LogP contribution >= 0.6 is 0 Å². The minimum atomic E-state index is 0.350. The van der Waals surface area contributed by atoms with Gasteiger partial charge in [0.25, 0.3) is 0 Å². The van der Waals surface area contributed by atoms with E-state index in [0.717, 1.165) is 71.6 Å². The van der Waals surface area contributed by atoms with E-state index in [1.54, 1.807) is 0 Å². The largest absolute Gasteiger partial charge is 0.457 e. The molecule has 3 heterocycles. The quantitative estimate of drug-likeness (QED) is 0.526. The van der Waals surface area contributed by atoms with Crippen molar-refractivity contribution < 1.29 is 4.74 Å². The molecule has 2 aliphatic rings. The summed E-state index contributed by atoms with van der Waals surface area (Å²) in [6.07, 6.45) is 3.79. The van der Waals surface area contributed by atoms with Crippen LogP contribution in [0.5, 0.6) is 11.5 Å². The SMILES string of the molecule is Nc1ncnc2c1c(-c1ccc(Oc3ccccc3)cc1)nn2C1CC2CNCC2C1. The van der Waals surface area contributed by atoms with Crippen LogP contribution in [0.1, 0.15) is 18.9 Å². The van der Waals surface area contributed by atoms with Gasteiger partial charge < -0.3 is 15.8 Å². The minimum absolute atomic E-state index is 0.350. The van der Waals surface area contributed by atoms with Crippen molar-refractivity contribution in [1.29, 1.82) is 0 Å². The second kappa shape index (κ2) is 7.35. The van der Waals surface area contributed by atoms with E-state index >= 15 is 0 Å². The topological polar surface area (TPSA) is 90.9 Å². The summed E-state index contributed by atoms with van der Waals surface area (Å²) < 4.78 is 8.02.